The molecule has 0 aliphatic carbocycles. The van der Waals surface area contributed by atoms with Crippen molar-refractivity contribution in [2.45, 2.75) is 32.4 Å². The minimum absolute atomic E-state index is 0.0864. The highest BCUT2D eigenvalue weighted by Crippen LogP contribution is 2.23. The third kappa shape index (κ3) is 5.05. The monoisotopic (exact) mass is 418 g/mol. The highest BCUT2D eigenvalue weighted by Gasteiger charge is 2.15. The van der Waals surface area contributed by atoms with Crippen molar-refractivity contribution in [3.8, 4) is 0 Å². The van der Waals surface area contributed by atoms with Crippen molar-refractivity contribution in [2.75, 3.05) is 0 Å². The maximum absolute atomic E-state index is 12.7. The van der Waals surface area contributed by atoms with E-state index in [1.807, 2.05) is 54.3 Å². The van der Waals surface area contributed by atoms with Gasteiger partial charge < -0.3 is 0 Å². The number of halogens is 1. The van der Waals surface area contributed by atoms with Crippen molar-refractivity contribution in [3.05, 3.63) is 107 Å². The first-order valence-electron chi connectivity index (χ1n) is 9.93. The van der Waals surface area contributed by atoms with Gasteiger partial charge in [0.1, 0.15) is 0 Å². The molecule has 6 heteroatoms. The minimum atomic E-state index is 0.0864. The van der Waals surface area contributed by atoms with Gasteiger partial charge in [-0.05, 0) is 40.8 Å². The summed E-state index contributed by atoms with van der Waals surface area (Å²) in [6, 6.07) is 18.0. The molecule has 0 saturated carbocycles. The average molecular weight is 419 g/mol. The molecule has 0 spiro atoms. The largest absolute Gasteiger partial charge is 0.294 e. The molecule has 0 fully saturated rings. The third-order valence-electron chi connectivity index (χ3n) is 5.14. The van der Waals surface area contributed by atoms with Crippen LogP contribution < -0.4 is 0 Å². The van der Waals surface area contributed by atoms with E-state index in [9.17, 15) is 4.79 Å². The number of benzene rings is 2. The van der Waals surface area contributed by atoms with Gasteiger partial charge in [-0.3, -0.25) is 14.2 Å². The normalized spacial score (nSPS) is 12.1. The quantitative estimate of drug-likeness (QED) is 0.369. The van der Waals surface area contributed by atoms with Crippen LogP contribution in [0.2, 0.25) is 5.02 Å². The van der Waals surface area contributed by atoms with E-state index in [0.717, 1.165) is 17.7 Å². The van der Waals surface area contributed by atoms with Gasteiger partial charge in [0.05, 0.1) is 24.8 Å². The Bertz CT molecular complexity index is 1120. The number of hydrogen-bond donors (Lipinski definition) is 0. The van der Waals surface area contributed by atoms with Crippen LogP contribution in [0.5, 0.6) is 0 Å². The van der Waals surface area contributed by atoms with Gasteiger partial charge in [0, 0.05) is 30.0 Å². The lowest BCUT2D eigenvalue weighted by Crippen LogP contribution is -2.05. The molecule has 4 aromatic rings. The van der Waals surface area contributed by atoms with Gasteiger partial charge in [-0.25, -0.2) is 0 Å². The molecule has 0 aliphatic rings. The smallest absolute Gasteiger partial charge is 0.166 e. The summed E-state index contributed by atoms with van der Waals surface area (Å²) in [5.41, 5.74) is 4.03. The molecule has 2 heterocycles. The van der Waals surface area contributed by atoms with E-state index in [2.05, 4.69) is 34.5 Å². The van der Waals surface area contributed by atoms with E-state index in [-0.39, 0.29) is 11.7 Å². The molecule has 4 rings (SSSR count). The van der Waals surface area contributed by atoms with Crippen LogP contribution in [0.25, 0.3) is 0 Å². The number of ketones is 1. The summed E-state index contributed by atoms with van der Waals surface area (Å²) in [4.78, 5) is 12.7. The maximum Gasteiger partial charge on any atom is 0.166 e. The number of rotatable bonds is 8. The first-order valence-corrected chi connectivity index (χ1v) is 10.3. The molecule has 0 N–H and O–H groups in total. The lowest BCUT2D eigenvalue weighted by molar-refractivity contribution is 0.0975. The van der Waals surface area contributed by atoms with E-state index in [1.54, 1.807) is 17.1 Å². The van der Waals surface area contributed by atoms with Gasteiger partial charge in [0.15, 0.2) is 5.78 Å². The zero-order chi connectivity index (χ0) is 20.9. The molecule has 0 saturated heterocycles. The summed E-state index contributed by atoms with van der Waals surface area (Å²) in [5.74, 6) is 0.185. The lowest BCUT2D eigenvalue weighted by atomic mass is 9.94. The molecular formula is C24H23ClN4O. The number of carbonyl (C=O) groups excluding carboxylic acids is 1. The Labute approximate surface area is 180 Å². The minimum Gasteiger partial charge on any atom is -0.294 e. The number of carbonyl (C=O) groups is 1. The van der Waals surface area contributed by atoms with Crippen LogP contribution in [-0.2, 0) is 13.1 Å². The molecule has 2 aromatic carbocycles. The van der Waals surface area contributed by atoms with Crippen LogP contribution in [0, 0.1) is 0 Å². The third-order valence-corrected chi connectivity index (χ3v) is 5.37. The molecule has 0 aliphatic heterocycles. The van der Waals surface area contributed by atoms with Crippen LogP contribution in [0.1, 0.15) is 46.3 Å². The molecule has 0 unspecified atom stereocenters. The van der Waals surface area contributed by atoms with Crippen LogP contribution in [0.15, 0.2) is 79.4 Å². The molecule has 0 amide bonds. The number of hydrogen-bond acceptors (Lipinski definition) is 3. The van der Waals surface area contributed by atoms with Crippen LogP contribution in [-0.4, -0.2) is 25.3 Å². The van der Waals surface area contributed by atoms with Crippen molar-refractivity contribution in [1.29, 1.82) is 0 Å². The van der Waals surface area contributed by atoms with Gasteiger partial charge in [-0.2, -0.15) is 10.2 Å². The van der Waals surface area contributed by atoms with Crippen LogP contribution >= 0.6 is 11.6 Å². The van der Waals surface area contributed by atoms with E-state index < -0.39 is 0 Å². The van der Waals surface area contributed by atoms with Crippen molar-refractivity contribution < 1.29 is 4.79 Å². The summed E-state index contributed by atoms with van der Waals surface area (Å²) in [6.07, 6.45) is 7.63. The van der Waals surface area contributed by atoms with Crippen molar-refractivity contribution in [3.63, 3.8) is 0 Å². The summed E-state index contributed by atoms with van der Waals surface area (Å²) in [6.45, 7) is 3.41. The van der Waals surface area contributed by atoms with Gasteiger partial charge in [0.25, 0.3) is 0 Å². The molecule has 5 nitrogen and oxygen atoms in total. The standard InChI is InChI=1S/C24H23ClN4O/c1-18(21-4-2-5-23(25)13-21)12-24(30)22-14-27-29(17-22)16-20-8-6-19(7-9-20)15-28-11-3-10-26-28/h2-11,13-14,17-18H,12,15-16H2,1H3/t18-/m0/s1. The molecule has 0 radical (unpaired) electrons. The Hall–Kier alpha value is -3.18. The van der Waals surface area contributed by atoms with Gasteiger partial charge in [-0.15, -0.1) is 0 Å². The van der Waals surface area contributed by atoms with Gasteiger partial charge in [0.2, 0.25) is 0 Å². The second kappa shape index (κ2) is 9.09. The maximum atomic E-state index is 12.7. The number of aromatic nitrogens is 4. The SMILES string of the molecule is C[C@@H](CC(=O)c1cnn(Cc2ccc(Cn3cccn3)cc2)c1)c1cccc(Cl)c1. The Morgan fingerprint density at radius 3 is 2.40 bits per heavy atom. The fraction of sp³-hybridized carbons (Fsp3) is 0.208. The topological polar surface area (TPSA) is 52.7 Å². The van der Waals surface area contributed by atoms with Crippen molar-refractivity contribution in [2.24, 2.45) is 0 Å². The number of nitrogens with zero attached hydrogens (tertiary/aromatic N) is 4. The average Bonchev–Trinajstić information content (AvgIpc) is 3.42. The first kappa shape index (κ1) is 20.1. The van der Waals surface area contributed by atoms with E-state index in [4.69, 9.17) is 11.6 Å². The van der Waals surface area contributed by atoms with E-state index >= 15 is 0 Å². The van der Waals surface area contributed by atoms with Gasteiger partial charge in [-0.1, -0.05) is 54.9 Å². The lowest BCUT2D eigenvalue weighted by Gasteiger charge is -2.10. The van der Waals surface area contributed by atoms with Crippen LogP contribution in [0.4, 0.5) is 0 Å². The molecule has 152 valence electrons. The Kier molecular flexibility index (Phi) is 6.10. The summed E-state index contributed by atoms with van der Waals surface area (Å²) in [5, 5.41) is 9.29. The van der Waals surface area contributed by atoms with E-state index in [1.165, 1.54) is 5.56 Å². The van der Waals surface area contributed by atoms with Crippen LogP contribution in [0.3, 0.4) is 0 Å². The zero-order valence-electron chi connectivity index (χ0n) is 16.8. The predicted molar refractivity (Wildman–Crippen MR) is 118 cm³/mol. The molecule has 2 aromatic heterocycles. The second-order valence-electron chi connectivity index (χ2n) is 7.53. The van der Waals surface area contributed by atoms with E-state index in [0.29, 0.717) is 23.6 Å². The Morgan fingerprint density at radius 1 is 1.00 bits per heavy atom. The number of Topliss-reactive ketones (excluding diaryl/α,β-unsaturated/α-hetero) is 1. The summed E-state index contributed by atoms with van der Waals surface area (Å²) < 4.78 is 3.70. The fourth-order valence-corrected chi connectivity index (χ4v) is 3.64. The Balaban J connectivity index is 1.36. The molecular weight excluding hydrogens is 396 g/mol. The molecule has 1 atom stereocenters. The summed E-state index contributed by atoms with van der Waals surface area (Å²) >= 11 is 6.07. The van der Waals surface area contributed by atoms with Crippen molar-refractivity contribution >= 4 is 17.4 Å². The second-order valence-corrected chi connectivity index (χ2v) is 7.97. The summed E-state index contributed by atoms with van der Waals surface area (Å²) in [7, 11) is 0. The molecule has 0 bridgehead atoms. The Morgan fingerprint density at radius 2 is 1.73 bits per heavy atom. The van der Waals surface area contributed by atoms with Crippen molar-refractivity contribution in [1.82, 2.24) is 19.6 Å². The zero-order valence-corrected chi connectivity index (χ0v) is 17.5. The highest BCUT2D eigenvalue weighted by molar-refractivity contribution is 6.30. The predicted octanol–water partition coefficient (Wildman–Crippen LogP) is 5.21. The molecule has 30 heavy (non-hydrogen) atoms. The highest BCUT2D eigenvalue weighted by atomic mass is 35.5. The fourth-order valence-electron chi connectivity index (χ4n) is 3.44. The van der Waals surface area contributed by atoms with Gasteiger partial charge >= 0.3 is 0 Å². The first-order chi connectivity index (χ1) is 14.6.